The summed E-state index contributed by atoms with van der Waals surface area (Å²) in [4.78, 5) is -0.937. The average Bonchev–Trinajstić information content (AvgIpc) is 2.94. The van der Waals surface area contributed by atoms with Crippen molar-refractivity contribution in [3.8, 4) is 5.75 Å². The van der Waals surface area contributed by atoms with Crippen molar-refractivity contribution in [2.75, 3.05) is 0 Å². The zero-order valence-corrected chi connectivity index (χ0v) is 10.7. The SMILES string of the molecule is O=S1(=O)C2=Cc3ccccc3OC21c1ccccc1. The predicted molar refractivity (Wildman–Crippen MR) is 72.1 cm³/mol. The van der Waals surface area contributed by atoms with E-state index in [9.17, 15) is 8.42 Å². The Bertz CT molecular complexity index is 806. The number of ether oxygens (including phenoxy) is 1. The summed E-state index contributed by atoms with van der Waals surface area (Å²) in [5.74, 6) is 0.608. The van der Waals surface area contributed by atoms with E-state index in [4.69, 9.17) is 4.74 Å². The van der Waals surface area contributed by atoms with Crippen LogP contribution in [0.15, 0.2) is 59.5 Å². The molecule has 19 heavy (non-hydrogen) atoms. The molecule has 1 fully saturated rings. The fraction of sp³-hybridized carbons (Fsp3) is 0.0667. The van der Waals surface area contributed by atoms with Crippen LogP contribution in [-0.2, 0) is 14.8 Å². The van der Waals surface area contributed by atoms with Crippen LogP contribution in [0, 0.1) is 0 Å². The largest absolute Gasteiger partial charge is 0.461 e. The number of rotatable bonds is 1. The molecule has 2 aliphatic heterocycles. The van der Waals surface area contributed by atoms with Gasteiger partial charge in [-0.1, -0.05) is 48.5 Å². The third-order valence-electron chi connectivity index (χ3n) is 3.56. The Morgan fingerprint density at radius 3 is 2.37 bits per heavy atom. The van der Waals surface area contributed by atoms with Gasteiger partial charge in [-0.25, -0.2) is 8.42 Å². The Hall–Kier alpha value is -2.07. The van der Waals surface area contributed by atoms with Crippen LogP contribution >= 0.6 is 0 Å². The van der Waals surface area contributed by atoms with Crippen molar-refractivity contribution < 1.29 is 13.2 Å². The number of hydrogen-bond acceptors (Lipinski definition) is 3. The van der Waals surface area contributed by atoms with Gasteiger partial charge in [-0.3, -0.25) is 0 Å². The molecule has 0 N–H and O–H groups in total. The maximum Gasteiger partial charge on any atom is 0.274 e. The van der Waals surface area contributed by atoms with E-state index in [1.54, 1.807) is 24.3 Å². The lowest BCUT2D eigenvalue weighted by Crippen LogP contribution is -2.21. The summed E-state index contributed by atoms with van der Waals surface area (Å²) in [5, 5.41) is 0. The lowest BCUT2D eigenvalue weighted by molar-refractivity contribution is 0.228. The number of sulfone groups is 1. The van der Waals surface area contributed by atoms with Crippen LogP contribution in [-0.4, -0.2) is 8.42 Å². The second-order valence-corrected chi connectivity index (χ2v) is 6.66. The monoisotopic (exact) mass is 270 g/mol. The Morgan fingerprint density at radius 2 is 1.58 bits per heavy atom. The second kappa shape index (κ2) is 3.27. The zero-order valence-electron chi connectivity index (χ0n) is 9.91. The smallest absolute Gasteiger partial charge is 0.274 e. The lowest BCUT2D eigenvalue weighted by Gasteiger charge is -2.19. The number of fused-ring (bicyclic) bond motifs is 2. The van der Waals surface area contributed by atoms with E-state index in [0.717, 1.165) is 5.56 Å². The van der Waals surface area contributed by atoms with Gasteiger partial charge in [-0.05, 0) is 12.1 Å². The highest BCUT2D eigenvalue weighted by molar-refractivity contribution is 8.04. The molecule has 2 aliphatic rings. The lowest BCUT2D eigenvalue weighted by atomic mass is 10.0. The number of para-hydroxylation sites is 1. The molecule has 2 heterocycles. The summed E-state index contributed by atoms with van der Waals surface area (Å²) in [6.07, 6.45) is 1.71. The molecule has 4 heteroatoms. The van der Waals surface area contributed by atoms with Crippen LogP contribution in [0.5, 0.6) is 5.75 Å². The van der Waals surface area contributed by atoms with Crippen LogP contribution in [0.25, 0.3) is 6.08 Å². The van der Waals surface area contributed by atoms with Crippen LogP contribution in [0.1, 0.15) is 11.1 Å². The average molecular weight is 270 g/mol. The molecule has 2 aromatic carbocycles. The summed E-state index contributed by atoms with van der Waals surface area (Å²) in [5.41, 5.74) is 1.47. The zero-order chi connectivity index (χ0) is 13.1. The highest BCUT2D eigenvalue weighted by atomic mass is 32.2. The second-order valence-electron chi connectivity index (χ2n) is 4.63. The fourth-order valence-corrected chi connectivity index (χ4v) is 4.49. The predicted octanol–water partition coefficient (Wildman–Crippen LogP) is 2.70. The van der Waals surface area contributed by atoms with Gasteiger partial charge in [0.2, 0.25) is 9.84 Å². The highest BCUT2D eigenvalue weighted by Crippen LogP contribution is 2.62. The Kier molecular flexibility index (Phi) is 1.86. The maximum absolute atomic E-state index is 12.3. The van der Waals surface area contributed by atoms with Gasteiger partial charge in [0.05, 0.1) is 0 Å². The van der Waals surface area contributed by atoms with Crippen molar-refractivity contribution in [1.29, 1.82) is 0 Å². The minimum absolute atomic E-state index is 0.352. The molecule has 0 amide bonds. The molecule has 1 atom stereocenters. The van der Waals surface area contributed by atoms with Gasteiger partial charge in [0.1, 0.15) is 10.7 Å². The third kappa shape index (κ3) is 1.19. The number of hydrogen-bond donors (Lipinski definition) is 0. The first-order valence-corrected chi connectivity index (χ1v) is 7.45. The van der Waals surface area contributed by atoms with Crippen molar-refractivity contribution in [3.63, 3.8) is 0 Å². The maximum atomic E-state index is 12.3. The molecule has 0 aliphatic carbocycles. The number of benzene rings is 2. The van der Waals surface area contributed by atoms with Crippen molar-refractivity contribution in [1.82, 2.24) is 0 Å². The molecule has 0 saturated carbocycles. The molecule has 1 unspecified atom stereocenters. The molecule has 4 rings (SSSR count). The normalized spacial score (nSPS) is 25.6. The van der Waals surface area contributed by atoms with Gasteiger partial charge in [0, 0.05) is 11.1 Å². The van der Waals surface area contributed by atoms with Gasteiger partial charge < -0.3 is 4.74 Å². The molecule has 0 spiro atoms. The molecule has 2 aromatic rings. The van der Waals surface area contributed by atoms with Gasteiger partial charge >= 0.3 is 0 Å². The minimum Gasteiger partial charge on any atom is -0.461 e. The molecular formula is C15H10O3S. The first kappa shape index (κ1) is 10.8. The summed E-state index contributed by atoms with van der Waals surface area (Å²) in [6, 6.07) is 16.4. The summed E-state index contributed by atoms with van der Waals surface area (Å²) in [7, 11) is -3.38. The van der Waals surface area contributed by atoms with Crippen molar-refractivity contribution in [2.24, 2.45) is 0 Å². The van der Waals surface area contributed by atoms with Gasteiger partial charge in [0.15, 0.2) is 0 Å². The molecule has 0 radical (unpaired) electrons. The van der Waals surface area contributed by atoms with E-state index in [1.165, 1.54) is 0 Å². The Labute approximate surface area is 111 Å². The van der Waals surface area contributed by atoms with E-state index in [2.05, 4.69) is 0 Å². The summed E-state index contributed by atoms with van der Waals surface area (Å²) in [6.45, 7) is 0. The van der Waals surface area contributed by atoms with Crippen LogP contribution in [0.4, 0.5) is 0 Å². The Morgan fingerprint density at radius 1 is 0.895 bits per heavy atom. The van der Waals surface area contributed by atoms with E-state index in [0.29, 0.717) is 16.2 Å². The molecule has 94 valence electrons. The quantitative estimate of drug-likeness (QED) is 0.748. The van der Waals surface area contributed by atoms with Gasteiger partial charge in [0.25, 0.3) is 4.93 Å². The van der Waals surface area contributed by atoms with Crippen molar-refractivity contribution in [3.05, 3.63) is 70.6 Å². The first-order valence-electron chi connectivity index (χ1n) is 5.97. The summed E-state index contributed by atoms with van der Waals surface area (Å²) < 4.78 is 30.4. The topological polar surface area (TPSA) is 43.4 Å². The molecule has 1 saturated heterocycles. The van der Waals surface area contributed by atoms with Crippen LogP contribution < -0.4 is 4.74 Å². The summed E-state index contributed by atoms with van der Waals surface area (Å²) >= 11 is 0. The van der Waals surface area contributed by atoms with E-state index >= 15 is 0 Å². The first-order chi connectivity index (χ1) is 9.16. The van der Waals surface area contributed by atoms with E-state index < -0.39 is 14.8 Å². The van der Waals surface area contributed by atoms with Gasteiger partial charge in [-0.2, -0.15) is 0 Å². The standard InChI is InChI=1S/C15H10O3S/c16-19(17)14-10-11-6-4-5-9-13(11)18-15(14,19)12-7-2-1-3-8-12/h1-10H. The molecule has 0 aromatic heterocycles. The molecule has 0 bridgehead atoms. The molecular weight excluding hydrogens is 260 g/mol. The van der Waals surface area contributed by atoms with Crippen molar-refractivity contribution in [2.45, 2.75) is 4.93 Å². The third-order valence-corrected chi connectivity index (χ3v) is 5.64. The highest BCUT2D eigenvalue weighted by Gasteiger charge is 2.73. The Balaban J connectivity index is 1.97. The van der Waals surface area contributed by atoms with Crippen molar-refractivity contribution >= 4 is 15.9 Å². The fourth-order valence-electron chi connectivity index (χ4n) is 2.57. The van der Waals surface area contributed by atoms with E-state index in [1.807, 2.05) is 36.4 Å². The van der Waals surface area contributed by atoms with Crippen LogP contribution in [0.3, 0.4) is 0 Å². The minimum atomic E-state index is -3.38. The van der Waals surface area contributed by atoms with E-state index in [-0.39, 0.29) is 0 Å². The van der Waals surface area contributed by atoms with Crippen LogP contribution in [0.2, 0.25) is 0 Å². The van der Waals surface area contributed by atoms with Gasteiger partial charge in [-0.15, -0.1) is 0 Å². The molecule has 3 nitrogen and oxygen atoms in total.